The molecule has 0 radical (unpaired) electrons. The summed E-state index contributed by atoms with van der Waals surface area (Å²) < 4.78 is 2.48. The molecule has 170 valence electrons. The summed E-state index contributed by atoms with van der Waals surface area (Å²) in [5.41, 5.74) is 14.2. The van der Waals surface area contributed by atoms with Crippen LogP contribution in [0.1, 0.15) is 0 Å². The number of fused-ring (bicyclic) bond motifs is 14. The van der Waals surface area contributed by atoms with E-state index in [0.29, 0.717) is 0 Å². The van der Waals surface area contributed by atoms with Gasteiger partial charge in [0.15, 0.2) is 0 Å². The van der Waals surface area contributed by atoms with E-state index in [-0.39, 0.29) is 0 Å². The lowest BCUT2D eigenvalue weighted by atomic mass is 9.80. The fourth-order valence-electron chi connectivity index (χ4n) is 6.78. The number of nitrogens with zero attached hydrogens (tertiary/aromatic N) is 1. The van der Waals surface area contributed by atoms with Crippen molar-refractivity contribution in [2.45, 2.75) is 0 Å². The molecule has 0 fully saturated rings. The van der Waals surface area contributed by atoms with E-state index in [4.69, 9.17) is 0 Å². The van der Waals surface area contributed by atoms with E-state index >= 15 is 0 Å². The minimum absolute atomic E-state index is 1.27. The van der Waals surface area contributed by atoms with Crippen molar-refractivity contribution < 1.29 is 0 Å². The minimum Gasteiger partial charge on any atom is -0.308 e. The minimum atomic E-state index is 1.27. The average Bonchev–Trinajstić information content (AvgIpc) is 3.48. The maximum absolute atomic E-state index is 2.48. The third-order valence-corrected chi connectivity index (χ3v) is 8.30. The van der Waals surface area contributed by atoms with Crippen molar-refractivity contribution in [2.24, 2.45) is 0 Å². The van der Waals surface area contributed by atoms with E-state index in [2.05, 4.69) is 132 Å². The normalized spacial score (nSPS) is 12.3. The van der Waals surface area contributed by atoms with Gasteiger partial charge < -0.3 is 4.40 Å². The van der Waals surface area contributed by atoms with Crippen LogP contribution in [0.4, 0.5) is 0 Å². The number of para-hydroxylation sites is 2. The standard InChI is InChI=1S/C36H21N/c1-2-11-23-22(10-1)24-12-3-5-14-26(24)31-20-33-30-18-9-17-29-28-16-7-8-19-34(28)37(36(29)30)35(33)21-32(31)27-15-6-4-13-25(23)27/h1-21H. The number of rotatable bonds is 0. The summed E-state index contributed by atoms with van der Waals surface area (Å²) in [6.45, 7) is 0. The van der Waals surface area contributed by atoms with Gasteiger partial charge in [-0.15, -0.1) is 0 Å². The number of benzene rings is 6. The van der Waals surface area contributed by atoms with Crippen LogP contribution in [0.3, 0.4) is 0 Å². The van der Waals surface area contributed by atoms with Crippen LogP contribution < -0.4 is 0 Å². The average molecular weight is 468 g/mol. The Morgan fingerprint density at radius 3 is 1.32 bits per heavy atom. The largest absolute Gasteiger partial charge is 0.308 e. The fourth-order valence-corrected chi connectivity index (χ4v) is 6.78. The van der Waals surface area contributed by atoms with Crippen LogP contribution in [0.2, 0.25) is 0 Å². The maximum atomic E-state index is 2.48. The van der Waals surface area contributed by atoms with Crippen LogP contribution >= 0.6 is 0 Å². The van der Waals surface area contributed by atoms with Gasteiger partial charge in [0.1, 0.15) is 0 Å². The van der Waals surface area contributed by atoms with Gasteiger partial charge in [-0.1, -0.05) is 109 Å². The van der Waals surface area contributed by atoms with Gasteiger partial charge in [0.25, 0.3) is 0 Å². The summed E-state index contributed by atoms with van der Waals surface area (Å²) in [7, 11) is 0. The van der Waals surface area contributed by atoms with E-state index in [0.717, 1.165) is 0 Å². The molecule has 6 aromatic carbocycles. The lowest BCUT2D eigenvalue weighted by Gasteiger charge is -2.23. The molecule has 0 unspecified atom stereocenters. The van der Waals surface area contributed by atoms with Gasteiger partial charge in [-0.3, -0.25) is 0 Å². The molecule has 0 atom stereocenters. The fraction of sp³-hybridized carbons (Fsp3) is 0. The highest BCUT2D eigenvalue weighted by Crippen LogP contribution is 2.50. The second kappa shape index (κ2) is 6.87. The topological polar surface area (TPSA) is 4.41 Å². The lowest BCUT2D eigenvalue weighted by Crippen LogP contribution is -1.97. The number of hydrogen-bond donors (Lipinski definition) is 0. The van der Waals surface area contributed by atoms with Gasteiger partial charge in [-0.2, -0.15) is 0 Å². The van der Waals surface area contributed by atoms with E-state index < -0.39 is 0 Å². The van der Waals surface area contributed by atoms with Crippen molar-refractivity contribution in [2.75, 3.05) is 0 Å². The molecule has 0 aliphatic heterocycles. The molecule has 0 spiro atoms. The van der Waals surface area contributed by atoms with Crippen LogP contribution in [0.15, 0.2) is 127 Å². The van der Waals surface area contributed by atoms with Crippen LogP contribution in [0.5, 0.6) is 0 Å². The highest BCUT2D eigenvalue weighted by atomic mass is 14.9. The first-order chi connectivity index (χ1) is 18.4. The molecule has 1 aliphatic carbocycles. The molecule has 9 rings (SSSR count). The molecule has 1 aliphatic rings. The van der Waals surface area contributed by atoms with Crippen molar-refractivity contribution in [3.63, 3.8) is 0 Å². The summed E-state index contributed by atoms with van der Waals surface area (Å²) in [6.07, 6.45) is 0. The Morgan fingerprint density at radius 1 is 0.297 bits per heavy atom. The molecular formula is C36H21N. The first-order valence-corrected chi connectivity index (χ1v) is 12.9. The lowest BCUT2D eigenvalue weighted by molar-refractivity contribution is 1.37. The smallest absolute Gasteiger partial charge is 0.0620 e. The summed E-state index contributed by atoms with van der Waals surface area (Å²) in [4.78, 5) is 0. The first kappa shape index (κ1) is 19.3. The molecule has 2 aromatic heterocycles. The first-order valence-electron chi connectivity index (χ1n) is 12.9. The molecule has 0 saturated carbocycles. The monoisotopic (exact) mass is 467 g/mol. The molecule has 1 nitrogen and oxygen atoms in total. The summed E-state index contributed by atoms with van der Waals surface area (Å²) in [6, 6.07) is 47.1. The summed E-state index contributed by atoms with van der Waals surface area (Å²) in [5.74, 6) is 0. The Balaban J connectivity index is 1.53. The molecule has 1 heteroatoms. The zero-order valence-electron chi connectivity index (χ0n) is 20.1. The van der Waals surface area contributed by atoms with Crippen LogP contribution in [-0.4, -0.2) is 4.40 Å². The van der Waals surface area contributed by atoms with Gasteiger partial charge in [-0.25, -0.2) is 0 Å². The van der Waals surface area contributed by atoms with E-state index in [1.807, 2.05) is 0 Å². The SMILES string of the molecule is c1ccc2c(c1)-c1ccccc1-c1cc3c4cccc5c6ccccc6n(c3cc1-c1ccccc1-2)c54. The van der Waals surface area contributed by atoms with Gasteiger partial charge >= 0.3 is 0 Å². The van der Waals surface area contributed by atoms with E-state index in [9.17, 15) is 0 Å². The third-order valence-electron chi connectivity index (χ3n) is 8.30. The predicted octanol–water partition coefficient (Wildman–Crippen LogP) is 9.82. The number of aromatic nitrogens is 1. The molecule has 37 heavy (non-hydrogen) atoms. The van der Waals surface area contributed by atoms with Gasteiger partial charge in [0.2, 0.25) is 0 Å². The Hall–Kier alpha value is -4.88. The van der Waals surface area contributed by atoms with Crippen LogP contribution in [0, 0.1) is 0 Å². The van der Waals surface area contributed by atoms with Gasteiger partial charge in [0, 0.05) is 21.5 Å². The Bertz CT molecular complexity index is 2190. The predicted molar refractivity (Wildman–Crippen MR) is 156 cm³/mol. The number of hydrogen-bond acceptors (Lipinski definition) is 0. The zero-order chi connectivity index (χ0) is 24.1. The molecule has 0 N–H and O–H groups in total. The molecule has 0 bridgehead atoms. The second-order valence-corrected chi connectivity index (χ2v) is 10.1. The van der Waals surface area contributed by atoms with Crippen molar-refractivity contribution in [3.05, 3.63) is 127 Å². The highest BCUT2D eigenvalue weighted by Gasteiger charge is 2.24. The highest BCUT2D eigenvalue weighted by molar-refractivity contribution is 6.24. The quantitative estimate of drug-likeness (QED) is 0.209. The van der Waals surface area contributed by atoms with Crippen molar-refractivity contribution in [1.29, 1.82) is 0 Å². The van der Waals surface area contributed by atoms with Crippen molar-refractivity contribution >= 4 is 38.1 Å². The van der Waals surface area contributed by atoms with Crippen LogP contribution in [-0.2, 0) is 0 Å². The van der Waals surface area contributed by atoms with E-state index in [1.165, 1.54) is 82.6 Å². The molecule has 0 amide bonds. The Kier molecular flexibility index (Phi) is 3.59. The summed E-state index contributed by atoms with van der Waals surface area (Å²) in [5, 5.41) is 5.27. The Labute approximate surface area is 214 Å². The molecule has 8 aromatic rings. The molecule has 2 heterocycles. The molecular weight excluding hydrogens is 446 g/mol. The zero-order valence-corrected chi connectivity index (χ0v) is 20.1. The third kappa shape index (κ3) is 2.39. The van der Waals surface area contributed by atoms with Crippen molar-refractivity contribution in [3.8, 4) is 44.5 Å². The Morgan fingerprint density at radius 2 is 0.730 bits per heavy atom. The van der Waals surface area contributed by atoms with Gasteiger partial charge in [-0.05, 0) is 62.7 Å². The maximum Gasteiger partial charge on any atom is 0.0620 e. The van der Waals surface area contributed by atoms with Crippen molar-refractivity contribution in [1.82, 2.24) is 4.40 Å². The second-order valence-electron chi connectivity index (χ2n) is 10.1. The van der Waals surface area contributed by atoms with E-state index in [1.54, 1.807) is 0 Å². The van der Waals surface area contributed by atoms with Crippen LogP contribution in [0.25, 0.3) is 82.6 Å². The molecule has 0 saturated heterocycles. The summed E-state index contributed by atoms with van der Waals surface area (Å²) >= 11 is 0. The van der Waals surface area contributed by atoms with Gasteiger partial charge in [0.05, 0.1) is 16.6 Å².